The van der Waals surface area contributed by atoms with Gasteiger partial charge in [0.25, 0.3) is 0 Å². The van der Waals surface area contributed by atoms with Crippen molar-refractivity contribution in [3.05, 3.63) is 0 Å². The van der Waals surface area contributed by atoms with E-state index < -0.39 is 0 Å². The van der Waals surface area contributed by atoms with Crippen LogP contribution in [0.4, 0.5) is 4.79 Å². The minimum absolute atomic E-state index is 0.0974. The summed E-state index contributed by atoms with van der Waals surface area (Å²) in [5, 5.41) is 5.24. The lowest BCUT2D eigenvalue weighted by Gasteiger charge is -2.08. The maximum atomic E-state index is 10.7. The van der Waals surface area contributed by atoms with E-state index in [4.69, 9.17) is 0 Å². The SMILES string of the molecule is CCC.CNC(=O)NCCCCN(C)C. The van der Waals surface area contributed by atoms with Crippen LogP contribution >= 0.6 is 0 Å². The average Bonchev–Trinajstić information content (AvgIpc) is 2.17. The van der Waals surface area contributed by atoms with Gasteiger partial charge >= 0.3 is 6.03 Å². The molecule has 2 N–H and O–H groups in total. The number of carbonyl (C=O) groups is 1. The van der Waals surface area contributed by atoms with Gasteiger partial charge in [-0.15, -0.1) is 0 Å². The molecule has 0 aliphatic carbocycles. The monoisotopic (exact) mass is 217 g/mol. The van der Waals surface area contributed by atoms with E-state index >= 15 is 0 Å². The quantitative estimate of drug-likeness (QED) is 0.688. The van der Waals surface area contributed by atoms with Gasteiger partial charge in [-0.1, -0.05) is 20.3 Å². The Balaban J connectivity index is 0. The van der Waals surface area contributed by atoms with Crippen molar-refractivity contribution in [2.45, 2.75) is 33.1 Å². The van der Waals surface area contributed by atoms with Crippen molar-refractivity contribution in [1.29, 1.82) is 0 Å². The molecule has 0 atom stereocenters. The first kappa shape index (κ1) is 16.7. The Bertz CT molecular complexity index is 138. The Kier molecular flexibility index (Phi) is 14.7. The van der Waals surface area contributed by atoms with Crippen LogP contribution in [0.2, 0.25) is 0 Å². The van der Waals surface area contributed by atoms with Crippen LogP contribution < -0.4 is 10.6 Å². The number of rotatable bonds is 5. The molecule has 15 heavy (non-hydrogen) atoms. The normalized spacial score (nSPS) is 9.20. The number of nitrogens with one attached hydrogen (secondary N) is 2. The third-order valence-corrected chi connectivity index (χ3v) is 1.54. The van der Waals surface area contributed by atoms with Gasteiger partial charge < -0.3 is 15.5 Å². The van der Waals surface area contributed by atoms with Gasteiger partial charge in [-0.05, 0) is 33.5 Å². The number of urea groups is 1. The third kappa shape index (κ3) is 19.6. The van der Waals surface area contributed by atoms with Gasteiger partial charge in [0, 0.05) is 13.6 Å². The molecule has 0 saturated carbocycles. The van der Waals surface area contributed by atoms with E-state index in [9.17, 15) is 4.79 Å². The van der Waals surface area contributed by atoms with E-state index in [1.54, 1.807) is 7.05 Å². The van der Waals surface area contributed by atoms with Crippen LogP contribution in [0.25, 0.3) is 0 Å². The second kappa shape index (κ2) is 13.2. The summed E-state index contributed by atoms with van der Waals surface area (Å²) < 4.78 is 0. The van der Waals surface area contributed by atoms with Crippen molar-refractivity contribution in [3.63, 3.8) is 0 Å². The van der Waals surface area contributed by atoms with Gasteiger partial charge in [0.05, 0.1) is 0 Å². The summed E-state index contributed by atoms with van der Waals surface area (Å²) in [6.45, 7) is 6.09. The minimum Gasteiger partial charge on any atom is -0.341 e. The number of hydrogen-bond donors (Lipinski definition) is 2. The molecule has 0 saturated heterocycles. The molecule has 0 rings (SSSR count). The molecule has 0 aromatic carbocycles. The highest BCUT2D eigenvalue weighted by Crippen LogP contribution is 1.88. The van der Waals surface area contributed by atoms with Crippen LogP contribution in [0, 0.1) is 0 Å². The Morgan fingerprint density at radius 2 is 1.73 bits per heavy atom. The zero-order chi connectivity index (χ0) is 12.1. The second-order valence-electron chi connectivity index (χ2n) is 3.72. The topological polar surface area (TPSA) is 44.4 Å². The first-order chi connectivity index (χ1) is 7.08. The molecule has 2 amide bonds. The molecule has 0 unspecified atom stereocenters. The number of carbonyl (C=O) groups excluding carboxylic acids is 1. The van der Waals surface area contributed by atoms with Gasteiger partial charge in [0.1, 0.15) is 0 Å². The Labute approximate surface area is 94.4 Å². The zero-order valence-corrected chi connectivity index (χ0v) is 10.9. The second-order valence-corrected chi connectivity index (χ2v) is 3.72. The first-order valence-electron chi connectivity index (χ1n) is 5.68. The molecule has 0 aromatic rings. The molecule has 0 fully saturated rings. The lowest BCUT2D eigenvalue weighted by Crippen LogP contribution is -2.33. The smallest absolute Gasteiger partial charge is 0.314 e. The third-order valence-electron chi connectivity index (χ3n) is 1.54. The largest absolute Gasteiger partial charge is 0.341 e. The zero-order valence-electron chi connectivity index (χ0n) is 10.9. The molecule has 0 heterocycles. The van der Waals surface area contributed by atoms with Gasteiger partial charge in [-0.2, -0.15) is 0 Å². The molecule has 0 aliphatic rings. The number of unbranched alkanes of at least 4 members (excludes halogenated alkanes) is 1. The van der Waals surface area contributed by atoms with Crippen LogP contribution in [0.5, 0.6) is 0 Å². The van der Waals surface area contributed by atoms with Crippen molar-refractivity contribution >= 4 is 6.03 Å². The lowest BCUT2D eigenvalue weighted by molar-refractivity contribution is 0.242. The maximum Gasteiger partial charge on any atom is 0.314 e. The number of nitrogens with zero attached hydrogens (tertiary/aromatic N) is 1. The number of hydrogen-bond acceptors (Lipinski definition) is 2. The molecule has 0 spiro atoms. The van der Waals surface area contributed by atoms with Crippen molar-refractivity contribution < 1.29 is 4.79 Å². The van der Waals surface area contributed by atoms with E-state index in [0.29, 0.717) is 0 Å². The van der Waals surface area contributed by atoms with Crippen LogP contribution in [-0.2, 0) is 0 Å². The minimum atomic E-state index is -0.0974. The Hall–Kier alpha value is -0.770. The molecule has 0 radical (unpaired) electrons. The standard InChI is InChI=1S/C8H19N3O.C3H8/c1-9-8(12)10-6-4-5-7-11(2)3;1-3-2/h4-7H2,1-3H3,(H2,9,10,12);3H2,1-2H3. The first-order valence-corrected chi connectivity index (χ1v) is 5.68. The van der Waals surface area contributed by atoms with Gasteiger partial charge in [-0.25, -0.2) is 4.79 Å². The van der Waals surface area contributed by atoms with Gasteiger partial charge in [0.15, 0.2) is 0 Å². The summed E-state index contributed by atoms with van der Waals surface area (Å²) in [5.41, 5.74) is 0. The fourth-order valence-corrected chi connectivity index (χ4v) is 0.843. The summed E-state index contributed by atoms with van der Waals surface area (Å²) >= 11 is 0. The van der Waals surface area contributed by atoms with E-state index in [0.717, 1.165) is 25.9 Å². The molecule has 0 aromatic heterocycles. The van der Waals surface area contributed by atoms with Crippen molar-refractivity contribution in [1.82, 2.24) is 15.5 Å². The predicted octanol–water partition coefficient (Wildman–Crippen LogP) is 1.67. The number of amides is 2. The van der Waals surface area contributed by atoms with E-state index in [1.165, 1.54) is 6.42 Å². The van der Waals surface area contributed by atoms with E-state index in [1.807, 2.05) is 14.1 Å². The maximum absolute atomic E-state index is 10.7. The fourth-order valence-electron chi connectivity index (χ4n) is 0.843. The van der Waals surface area contributed by atoms with Crippen LogP contribution in [0.3, 0.4) is 0 Å². The predicted molar refractivity (Wildman–Crippen MR) is 66.2 cm³/mol. The molecule has 0 aliphatic heterocycles. The molecule has 0 bridgehead atoms. The van der Waals surface area contributed by atoms with E-state index in [-0.39, 0.29) is 6.03 Å². The van der Waals surface area contributed by atoms with Crippen LogP contribution in [0.15, 0.2) is 0 Å². The molecule has 4 nitrogen and oxygen atoms in total. The Morgan fingerprint density at radius 1 is 1.20 bits per heavy atom. The van der Waals surface area contributed by atoms with Crippen LogP contribution in [0.1, 0.15) is 33.1 Å². The van der Waals surface area contributed by atoms with Crippen molar-refractivity contribution in [2.24, 2.45) is 0 Å². The summed E-state index contributed by atoms with van der Waals surface area (Å²) in [7, 11) is 5.72. The molecular weight excluding hydrogens is 190 g/mol. The molecular formula is C11H27N3O. The van der Waals surface area contributed by atoms with Gasteiger partial charge in [0.2, 0.25) is 0 Å². The van der Waals surface area contributed by atoms with Crippen LogP contribution in [-0.4, -0.2) is 45.2 Å². The summed E-state index contributed by atoms with van der Waals surface area (Å²) in [6.07, 6.45) is 3.41. The summed E-state index contributed by atoms with van der Waals surface area (Å²) in [6, 6.07) is -0.0974. The summed E-state index contributed by atoms with van der Waals surface area (Å²) in [4.78, 5) is 12.8. The molecule has 92 valence electrons. The average molecular weight is 217 g/mol. The van der Waals surface area contributed by atoms with Crippen molar-refractivity contribution in [2.75, 3.05) is 34.2 Å². The lowest BCUT2D eigenvalue weighted by atomic mass is 10.3. The van der Waals surface area contributed by atoms with E-state index in [2.05, 4.69) is 29.4 Å². The Morgan fingerprint density at radius 3 is 2.13 bits per heavy atom. The summed E-state index contributed by atoms with van der Waals surface area (Å²) in [5.74, 6) is 0. The highest BCUT2D eigenvalue weighted by Gasteiger charge is 1.94. The highest BCUT2D eigenvalue weighted by molar-refractivity contribution is 5.73. The van der Waals surface area contributed by atoms with Gasteiger partial charge in [-0.3, -0.25) is 0 Å². The highest BCUT2D eigenvalue weighted by atomic mass is 16.2. The molecule has 4 heteroatoms. The fraction of sp³-hybridized carbons (Fsp3) is 0.909. The van der Waals surface area contributed by atoms with Crippen molar-refractivity contribution in [3.8, 4) is 0 Å².